The molecule has 0 bridgehead atoms. The number of anilines is 1. The van der Waals surface area contributed by atoms with E-state index in [9.17, 15) is 4.79 Å². The lowest BCUT2D eigenvalue weighted by Crippen LogP contribution is -2.36. The number of ether oxygens (including phenoxy) is 4. The highest BCUT2D eigenvalue weighted by molar-refractivity contribution is 14.0. The summed E-state index contributed by atoms with van der Waals surface area (Å²) in [5.41, 5.74) is 2.64. The van der Waals surface area contributed by atoms with E-state index < -0.39 is 6.09 Å². The van der Waals surface area contributed by atoms with Gasteiger partial charge in [-0.25, -0.2) is 4.79 Å². The molecule has 0 aliphatic heterocycles. The Bertz CT molecular complexity index is 850. The molecule has 0 atom stereocenters. The smallest absolute Gasteiger partial charge is 0.411 e. The van der Waals surface area contributed by atoms with Crippen molar-refractivity contribution in [1.29, 1.82) is 0 Å². The van der Waals surface area contributed by atoms with Crippen molar-refractivity contribution in [3.8, 4) is 17.2 Å². The monoisotopic (exact) mass is 544 g/mol. The number of halogens is 1. The highest BCUT2D eigenvalue weighted by Gasteiger charge is 2.13. The molecule has 0 aliphatic carbocycles. The van der Waals surface area contributed by atoms with Gasteiger partial charge in [-0.2, -0.15) is 0 Å². The van der Waals surface area contributed by atoms with E-state index in [1.807, 2.05) is 24.3 Å². The van der Waals surface area contributed by atoms with Gasteiger partial charge in [-0.3, -0.25) is 10.3 Å². The lowest BCUT2D eigenvalue weighted by Gasteiger charge is -2.16. The highest BCUT2D eigenvalue weighted by atomic mass is 127. The standard InChI is InChI=1S/C21H28N4O5.HI/c1-22-20(23-12-14-6-8-16(9-7-14)25-21(26)30-5)24-13-15-10-17(27-2)19(29-4)18(11-15)28-3;/h6-11H,12-13H2,1-5H3,(H,25,26)(H2,22,23,24);1H. The first kappa shape index (κ1) is 26.1. The Hall–Kier alpha value is -2.89. The Balaban J connectivity index is 0.00000480. The van der Waals surface area contributed by atoms with Gasteiger partial charge in [0.2, 0.25) is 5.75 Å². The van der Waals surface area contributed by atoms with E-state index in [0.29, 0.717) is 42.0 Å². The second kappa shape index (κ2) is 13.4. The topological polar surface area (TPSA) is 102 Å². The lowest BCUT2D eigenvalue weighted by atomic mass is 10.2. The zero-order valence-corrected chi connectivity index (χ0v) is 20.6. The maximum Gasteiger partial charge on any atom is 0.411 e. The van der Waals surface area contributed by atoms with E-state index >= 15 is 0 Å². The lowest BCUT2D eigenvalue weighted by molar-refractivity contribution is 0.187. The van der Waals surface area contributed by atoms with Gasteiger partial charge in [-0.05, 0) is 35.4 Å². The van der Waals surface area contributed by atoms with Crippen molar-refractivity contribution in [2.24, 2.45) is 4.99 Å². The van der Waals surface area contributed by atoms with Crippen LogP contribution < -0.4 is 30.2 Å². The molecule has 0 aromatic heterocycles. The molecule has 0 radical (unpaired) electrons. The van der Waals surface area contributed by atoms with E-state index in [-0.39, 0.29) is 24.0 Å². The zero-order chi connectivity index (χ0) is 21.9. The van der Waals surface area contributed by atoms with Crippen molar-refractivity contribution in [1.82, 2.24) is 10.6 Å². The van der Waals surface area contributed by atoms with Crippen LogP contribution in [0.5, 0.6) is 17.2 Å². The number of aliphatic imine (C=N–C) groups is 1. The fourth-order valence-electron chi connectivity index (χ4n) is 2.70. The summed E-state index contributed by atoms with van der Waals surface area (Å²) in [6.07, 6.45) is -0.503. The Morgan fingerprint density at radius 1 is 0.871 bits per heavy atom. The van der Waals surface area contributed by atoms with Crippen molar-refractivity contribution in [2.75, 3.05) is 40.8 Å². The number of carbonyl (C=O) groups excluding carboxylic acids is 1. The molecule has 1 amide bonds. The molecule has 2 aromatic rings. The van der Waals surface area contributed by atoms with Crippen LogP contribution in [0.2, 0.25) is 0 Å². The first-order valence-electron chi connectivity index (χ1n) is 9.21. The Morgan fingerprint density at radius 2 is 1.42 bits per heavy atom. The molecular weight excluding hydrogens is 515 g/mol. The number of amides is 1. The highest BCUT2D eigenvalue weighted by Crippen LogP contribution is 2.38. The SMILES string of the molecule is CN=C(NCc1ccc(NC(=O)OC)cc1)NCc1cc(OC)c(OC)c(OC)c1.I. The number of benzene rings is 2. The third-order valence-corrected chi connectivity index (χ3v) is 4.25. The molecule has 0 spiro atoms. The van der Waals surface area contributed by atoms with E-state index in [0.717, 1.165) is 11.1 Å². The van der Waals surface area contributed by atoms with Crippen molar-refractivity contribution < 1.29 is 23.7 Å². The van der Waals surface area contributed by atoms with Gasteiger partial charge in [0, 0.05) is 25.8 Å². The molecule has 2 aromatic carbocycles. The summed E-state index contributed by atoms with van der Waals surface area (Å²) >= 11 is 0. The predicted molar refractivity (Wildman–Crippen MR) is 131 cm³/mol. The Morgan fingerprint density at radius 3 is 1.87 bits per heavy atom. The molecule has 0 fully saturated rings. The Labute approximate surface area is 199 Å². The van der Waals surface area contributed by atoms with Crippen LogP contribution in [0.25, 0.3) is 0 Å². The third-order valence-electron chi connectivity index (χ3n) is 4.25. The van der Waals surface area contributed by atoms with Crippen LogP contribution in [0.4, 0.5) is 10.5 Å². The molecule has 0 saturated carbocycles. The van der Waals surface area contributed by atoms with Crippen molar-refractivity contribution in [3.05, 3.63) is 47.5 Å². The fourth-order valence-corrected chi connectivity index (χ4v) is 2.70. The average Bonchev–Trinajstić information content (AvgIpc) is 2.79. The molecular formula is C21H29IN4O5. The number of nitrogens with one attached hydrogen (secondary N) is 3. The van der Waals surface area contributed by atoms with Crippen LogP contribution in [0.3, 0.4) is 0 Å². The van der Waals surface area contributed by atoms with Crippen molar-refractivity contribution >= 4 is 41.7 Å². The normalized spacial score (nSPS) is 10.4. The summed E-state index contributed by atoms with van der Waals surface area (Å²) in [7, 11) is 7.77. The molecule has 31 heavy (non-hydrogen) atoms. The summed E-state index contributed by atoms with van der Waals surface area (Å²) in [6.45, 7) is 1.08. The van der Waals surface area contributed by atoms with Crippen LogP contribution in [0.15, 0.2) is 41.4 Å². The summed E-state index contributed by atoms with van der Waals surface area (Å²) < 4.78 is 20.7. The van der Waals surface area contributed by atoms with Gasteiger partial charge in [-0.15, -0.1) is 24.0 Å². The van der Waals surface area contributed by atoms with E-state index in [2.05, 4.69) is 25.7 Å². The van der Waals surface area contributed by atoms with Gasteiger partial charge in [0.15, 0.2) is 17.5 Å². The van der Waals surface area contributed by atoms with Gasteiger partial charge >= 0.3 is 6.09 Å². The zero-order valence-electron chi connectivity index (χ0n) is 18.3. The number of hydrogen-bond donors (Lipinski definition) is 3. The molecule has 2 rings (SSSR count). The second-order valence-electron chi connectivity index (χ2n) is 6.13. The summed E-state index contributed by atoms with van der Waals surface area (Å²) in [6, 6.07) is 11.2. The van der Waals surface area contributed by atoms with Crippen LogP contribution in [0.1, 0.15) is 11.1 Å². The van der Waals surface area contributed by atoms with Gasteiger partial charge in [-0.1, -0.05) is 12.1 Å². The molecule has 0 saturated heterocycles. The van der Waals surface area contributed by atoms with E-state index in [1.165, 1.54) is 7.11 Å². The van der Waals surface area contributed by atoms with Crippen LogP contribution >= 0.6 is 24.0 Å². The third kappa shape index (κ3) is 7.70. The molecule has 170 valence electrons. The van der Waals surface area contributed by atoms with Gasteiger partial charge in [0.1, 0.15) is 0 Å². The minimum absolute atomic E-state index is 0. The van der Waals surface area contributed by atoms with Gasteiger partial charge in [0.05, 0.1) is 28.4 Å². The largest absolute Gasteiger partial charge is 0.493 e. The first-order chi connectivity index (χ1) is 14.5. The number of rotatable bonds is 8. The number of nitrogens with zero attached hydrogens (tertiary/aromatic N) is 1. The maximum absolute atomic E-state index is 11.2. The summed E-state index contributed by atoms with van der Waals surface area (Å²) in [4.78, 5) is 15.5. The molecule has 0 unspecified atom stereocenters. The summed E-state index contributed by atoms with van der Waals surface area (Å²) in [5.74, 6) is 2.38. The number of guanidine groups is 1. The first-order valence-corrected chi connectivity index (χ1v) is 9.21. The van der Waals surface area contributed by atoms with Crippen molar-refractivity contribution in [3.63, 3.8) is 0 Å². The number of hydrogen-bond acceptors (Lipinski definition) is 6. The number of carbonyl (C=O) groups is 1. The van der Waals surface area contributed by atoms with Crippen LogP contribution in [-0.2, 0) is 17.8 Å². The van der Waals surface area contributed by atoms with Crippen LogP contribution in [0, 0.1) is 0 Å². The Kier molecular flexibility index (Phi) is 11.3. The number of methoxy groups -OCH3 is 4. The predicted octanol–water partition coefficient (Wildman–Crippen LogP) is 3.37. The quantitative estimate of drug-likeness (QED) is 0.266. The van der Waals surface area contributed by atoms with Gasteiger partial charge < -0.3 is 29.6 Å². The average molecular weight is 544 g/mol. The molecule has 0 aliphatic rings. The van der Waals surface area contributed by atoms with Gasteiger partial charge in [0.25, 0.3) is 0 Å². The summed E-state index contributed by atoms with van der Waals surface area (Å²) in [5, 5.41) is 9.11. The minimum atomic E-state index is -0.503. The minimum Gasteiger partial charge on any atom is -0.493 e. The van der Waals surface area contributed by atoms with E-state index in [4.69, 9.17) is 14.2 Å². The fraction of sp³-hybridized carbons (Fsp3) is 0.333. The van der Waals surface area contributed by atoms with Crippen molar-refractivity contribution in [2.45, 2.75) is 13.1 Å². The molecule has 0 heterocycles. The molecule has 10 heteroatoms. The van der Waals surface area contributed by atoms with Crippen LogP contribution in [-0.4, -0.2) is 47.5 Å². The molecule has 9 nitrogen and oxygen atoms in total. The second-order valence-corrected chi connectivity index (χ2v) is 6.13. The molecule has 3 N–H and O–H groups in total. The maximum atomic E-state index is 11.2. The van der Waals surface area contributed by atoms with E-state index in [1.54, 1.807) is 40.5 Å².